The van der Waals surface area contributed by atoms with E-state index in [1.165, 1.54) is 23.5 Å². The molecule has 5 rings (SSSR count). The minimum atomic E-state index is -0.435. The predicted molar refractivity (Wildman–Crippen MR) is 151 cm³/mol. The fourth-order valence-electron chi connectivity index (χ4n) is 4.40. The summed E-state index contributed by atoms with van der Waals surface area (Å²) in [6, 6.07) is 17.8. The molecule has 0 aliphatic heterocycles. The summed E-state index contributed by atoms with van der Waals surface area (Å²) < 4.78 is 21.7. The molecule has 38 heavy (non-hydrogen) atoms. The van der Waals surface area contributed by atoms with Gasteiger partial charge in [0.1, 0.15) is 17.7 Å². The van der Waals surface area contributed by atoms with Gasteiger partial charge in [-0.1, -0.05) is 31.2 Å². The Labute approximate surface area is 226 Å². The molecule has 8 heteroatoms. The van der Waals surface area contributed by atoms with Crippen LogP contribution in [0.5, 0.6) is 5.75 Å². The van der Waals surface area contributed by atoms with Crippen molar-refractivity contribution in [3.63, 3.8) is 0 Å². The summed E-state index contributed by atoms with van der Waals surface area (Å²) in [5, 5.41) is 8.87. The van der Waals surface area contributed by atoms with Crippen molar-refractivity contribution in [1.82, 2.24) is 20.1 Å². The Morgan fingerprint density at radius 3 is 2.47 bits per heavy atom. The van der Waals surface area contributed by atoms with Crippen molar-refractivity contribution in [3.8, 4) is 11.4 Å². The fraction of sp³-hybridized carbons (Fsp3) is 0.233. The number of amides is 1. The molecule has 5 aromatic rings. The molecule has 0 fully saturated rings. The average Bonchev–Trinajstić information content (AvgIpc) is 3.49. The summed E-state index contributed by atoms with van der Waals surface area (Å²) in [6.07, 6.45) is 3.02. The van der Waals surface area contributed by atoms with Gasteiger partial charge < -0.3 is 10.1 Å². The van der Waals surface area contributed by atoms with Crippen molar-refractivity contribution in [2.24, 2.45) is 0 Å². The molecular weight excluding hydrogens is 499 g/mol. The minimum absolute atomic E-state index is 0. The summed E-state index contributed by atoms with van der Waals surface area (Å²) in [4.78, 5) is 18.1. The van der Waals surface area contributed by atoms with Gasteiger partial charge >= 0.3 is 0 Å². The van der Waals surface area contributed by atoms with Gasteiger partial charge in [0.05, 0.1) is 23.4 Å². The SMILES string of the molecule is C.Cc1ccc([C@@H](Oc2ccc3c(cnn3-c3ccc(F)cc3)c2)[C@H](C)NC(=O)c2ncc(C)s2)c(C)c1. The fourth-order valence-corrected chi connectivity index (χ4v) is 5.07. The molecule has 2 atom stereocenters. The number of aromatic nitrogens is 3. The Bertz CT molecular complexity index is 1580. The van der Waals surface area contributed by atoms with Crippen LogP contribution >= 0.6 is 11.3 Å². The molecule has 0 aliphatic carbocycles. The van der Waals surface area contributed by atoms with Crippen LogP contribution < -0.4 is 10.1 Å². The number of rotatable bonds is 7. The number of nitrogens with zero attached hydrogens (tertiary/aromatic N) is 3. The Morgan fingerprint density at radius 2 is 1.79 bits per heavy atom. The number of nitrogens with one attached hydrogen (secondary N) is 1. The number of fused-ring (bicyclic) bond motifs is 1. The molecule has 6 nitrogen and oxygen atoms in total. The molecule has 0 aliphatic rings. The molecule has 2 heterocycles. The van der Waals surface area contributed by atoms with Crippen molar-refractivity contribution in [2.45, 2.75) is 47.3 Å². The highest BCUT2D eigenvalue weighted by Gasteiger charge is 2.26. The van der Waals surface area contributed by atoms with Crippen molar-refractivity contribution in [1.29, 1.82) is 0 Å². The third-order valence-electron chi connectivity index (χ3n) is 6.23. The van der Waals surface area contributed by atoms with E-state index in [1.807, 2.05) is 45.0 Å². The van der Waals surface area contributed by atoms with E-state index in [4.69, 9.17) is 4.74 Å². The molecule has 0 radical (unpaired) electrons. The summed E-state index contributed by atoms with van der Waals surface area (Å²) in [5.74, 6) is 0.141. The van der Waals surface area contributed by atoms with Gasteiger partial charge in [0.2, 0.25) is 0 Å². The lowest BCUT2D eigenvalue weighted by molar-refractivity contribution is 0.0881. The maximum absolute atomic E-state index is 13.4. The van der Waals surface area contributed by atoms with E-state index < -0.39 is 6.10 Å². The van der Waals surface area contributed by atoms with E-state index in [9.17, 15) is 9.18 Å². The van der Waals surface area contributed by atoms with Gasteiger partial charge in [-0.3, -0.25) is 4.79 Å². The first-order valence-corrected chi connectivity index (χ1v) is 12.8. The number of benzene rings is 3. The van der Waals surface area contributed by atoms with Gasteiger partial charge in [-0.25, -0.2) is 14.1 Å². The second kappa shape index (κ2) is 11.1. The number of thiazole rings is 1. The van der Waals surface area contributed by atoms with E-state index in [0.29, 0.717) is 10.8 Å². The van der Waals surface area contributed by atoms with Crippen molar-refractivity contribution >= 4 is 28.1 Å². The molecule has 2 aromatic heterocycles. The maximum Gasteiger partial charge on any atom is 0.280 e. The average molecular weight is 531 g/mol. The predicted octanol–water partition coefficient (Wildman–Crippen LogP) is 7.12. The van der Waals surface area contributed by atoms with Gasteiger partial charge in [0, 0.05) is 16.5 Å². The minimum Gasteiger partial charge on any atom is -0.484 e. The molecule has 0 saturated heterocycles. The second-order valence-corrected chi connectivity index (χ2v) is 10.4. The molecular formula is C30H31FN4O2S. The van der Waals surface area contributed by atoms with E-state index in [-0.39, 0.29) is 25.2 Å². The molecule has 1 amide bonds. The van der Waals surface area contributed by atoms with Crippen LogP contribution in [0.4, 0.5) is 4.39 Å². The van der Waals surface area contributed by atoms with Crippen LogP contribution in [0.25, 0.3) is 16.6 Å². The Kier molecular flexibility index (Phi) is 7.92. The highest BCUT2D eigenvalue weighted by atomic mass is 32.1. The summed E-state index contributed by atoms with van der Waals surface area (Å²) in [6.45, 7) is 7.96. The first-order chi connectivity index (χ1) is 17.8. The van der Waals surface area contributed by atoms with E-state index in [0.717, 1.165) is 38.2 Å². The zero-order valence-corrected chi connectivity index (χ0v) is 21.8. The van der Waals surface area contributed by atoms with Crippen LogP contribution in [-0.2, 0) is 0 Å². The van der Waals surface area contributed by atoms with Crippen LogP contribution in [0.1, 0.15) is 51.8 Å². The molecule has 0 bridgehead atoms. The largest absolute Gasteiger partial charge is 0.484 e. The van der Waals surface area contributed by atoms with Crippen LogP contribution in [0.2, 0.25) is 0 Å². The van der Waals surface area contributed by atoms with Crippen LogP contribution in [-0.4, -0.2) is 26.7 Å². The Morgan fingerprint density at radius 1 is 1.03 bits per heavy atom. The normalized spacial score (nSPS) is 12.6. The van der Waals surface area contributed by atoms with Crippen molar-refractivity contribution < 1.29 is 13.9 Å². The number of aryl methyl sites for hydroxylation is 3. The maximum atomic E-state index is 13.4. The van der Waals surface area contributed by atoms with Crippen LogP contribution in [0.15, 0.2) is 73.1 Å². The highest BCUT2D eigenvalue weighted by molar-refractivity contribution is 7.13. The third kappa shape index (κ3) is 5.60. The van der Waals surface area contributed by atoms with Gasteiger partial charge in [-0.05, 0) is 81.3 Å². The molecule has 0 saturated carbocycles. The molecule has 3 aromatic carbocycles. The van der Waals surface area contributed by atoms with E-state index >= 15 is 0 Å². The topological polar surface area (TPSA) is 69.0 Å². The number of ether oxygens (including phenoxy) is 1. The van der Waals surface area contributed by atoms with Gasteiger partial charge in [-0.2, -0.15) is 5.10 Å². The second-order valence-electron chi connectivity index (χ2n) is 9.19. The lowest BCUT2D eigenvalue weighted by Crippen LogP contribution is -2.39. The summed E-state index contributed by atoms with van der Waals surface area (Å²) in [7, 11) is 0. The molecule has 0 unspecified atom stereocenters. The lowest BCUT2D eigenvalue weighted by atomic mass is 9.96. The highest BCUT2D eigenvalue weighted by Crippen LogP contribution is 2.31. The number of halogens is 1. The third-order valence-corrected chi connectivity index (χ3v) is 7.15. The van der Waals surface area contributed by atoms with E-state index in [2.05, 4.69) is 34.5 Å². The summed E-state index contributed by atoms with van der Waals surface area (Å²) >= 11 is 1.36. The molecule has 0 spiro atoms. The standard InChI is InChI=1S/C29H27FN4O2S.CH4/c1-17-5-11-25(18(2)13-17)27(20(4)33-28(35)29-31-15-19(3)37-29)36-24-10-12-26-21(14-24)16-32-34(26)23-8-6-22(30)7-9-23;/h5-16,20,27H,1-4H3,(H,33,35);1H4/t20-,27-;/m0./s1. The smallest absolute Gasteiger partial charge is 0.280 e. The Hall–Kier alpha value is -4.04. The van der Waals surface area contributed by atoms with Crippen molar-refractivity contribution in [2.75, 3.05) is 0 Å². The number of hydrogen-bond acceptors (Lipinski definition) is 5. The summed E-state index contributed by atoms with van der Waals surface area (Å²) in [5.41, 5.74) is 4.89. The van der Waals surface area contributed by atoms with Gasteiger partial charge in [-0.15, -0.1) is 11.3 Å². The van der Waals surface area contributed by atoms with Crippen molar-refractivity contribution in [3.05, 3.63) is 105 Å². The lowest BCUT2D eigenvalue weighted by Gasteiger charge is -2.28. The zero-order chi connectivity index (χ0) is 26.1. The quantitative estimate of drug-likeness (QED) is 0.243. The van der Waals surface area contributed by atoms with Crippen LogP contribution in [0, 0.1) is 26.6 Å². The monoisotopic (exact) mass is 530 g/mol. The first-order valence-electron chi connectivity index (χ1n) is 12.0. The molecule has 1 N–H and O–H groups in total. The number of carbonyl (C=O) groups excluding carboxylic acids is 1. The number of hydrogen-bond donors (Lipinski definition) is 1. The van der Waals surface area contributed by atoms with Gasteiger partial charge in [0.15, 0.2) is 5.01 Å². The first kappa shape index (κ1) is 27.0. The zero-order valence-electron chi connectivity index (χ0n) is 21.0. The Balaban J connectivity index is 0.00000336. The van der Waals surface area contributed by atoms with Crippen LogP contribution in [0.3, 0.4) is 0 Å². The van der Waals surface area contributed by atoms with E-state index in [1.54, 1.807) is 29.2 Å². The molecule has 196 valence electrons. The van der Waals surface area contributed by atoms with Gasteiger partial charge in [0.25, 0.3) is 5.91 Å². The number of carbonyl (C=O) groups is 1.